The number of rotatable bonds is 3. The molecular formula is C13H12FN3O. The molecule has 1 heterocycles. The summed E-state index contributed by atoms with van der Waals surface area (Å²) in [6.07, 6.45) is 3.34. The van der Waals surface area contributed by atoms with Gasteiger partial charge in [0.25, 0.3) is 0 Å². The van der Waals surface area contributed by atoms with E-state index in [0.717, 1.165) is 0 Å². The summed E-state index contributed by atoms with van der Waals surface area (Å²) in [7, 11) is 0. The van der Waals surface area contributed by atoms with Crippen LogP contribution in [0.4, 0.5) is 4.39 Å². The zero-order chi connectivity index (χ0) is 13.1. The lowest BCUT2D eigenvalue weighted by atomic mass is 10.1. The number of nitrogens with zero attached hydrogens (tertiary/aromatic N) is 3. The third-order valence-electron chi connectivity index (χ3n) is 2.70. The number of benzene rings is 1. The lowest BCUT2D eigenvalue weighted by Crippen LogP contribution is -2.23. The van der Waals surface area contributed by atoms with Crippen LogP contribution in [0.1, 0.15) is 18.1 Å². The summed E-state index contributed by atoms with van der Waals surface area (Å²) in [4.78, 5) is 11.8. The molecule has 0 saturated heterocycles. The van der Waals surface area contributed by atoms with Crippen LogP contribution in [0, 0.1) is 17.1 Å². The van der Waals surface area contributed by atoms with E-state index in [0.29, 0.717) is 12.1 Å². The number of hydrogen-bond acceptors (Lipinski definition) is 2. The lowest BCUT2D eigenvalue weighted by Gasteiger charge is -2.03. The molecule has 92 valence electrons. The van der Waals surface area contributed by atoms with E-state index in [1.165, 1.54) is 16.7 Å². The highest BCUT2D eigenvalue weighted by atomic mass is 19.1. The topological polar surface area (TPSA) is 50.7 Å². The third-order valence-corrected chi connectivity index (χ3v) is 2.70. The average molecular weight is 245 g/mol. The van der Waals surface area contributed by atoms with E-state index in [-0.39, 0.29) is 17.8 Å². The number of aryl methyl sites for hydroxylation is 1. The molecule has 1 aromatic heterocycles. The summed E-state index contributed by atoms with van der Waals surface area (Å²) in [6.45, 7) is 2.73. The molecule has 0 bridgehead atoms. The second-order valence-corrected chi connectivity index (χ2v) is 3.95. The van der Waals surface area contributed by atoms with E-state index < -0.39 is 5.82 Å². The summed E-state index contributed by atoms with van der Waals surface area (Å²) in [5.74, 6) is -0.466. The van der Waals surface area contributed by atoms with Gasteiger partial charge in [0.1, 0.15) is 5.82 Å². The van der Waals surface area contributed by atoms with Crippen LogP contribution in [-0.2, 0) is 13.1 Å². The molecule has 0 aliphatic heterocycles. The quantitative estimate of drug-likeness (QED) is 0.826. The Morgan fingerprint density at radius 3 is 2.61 bits per heavy atom. The van der Waals surface area contributed by atoms with Crippen molar-refractivity contribution in [2.45, 2.75) is 20.0 Å². The number of halogens is 1. The van der Waals surface area contributed by atoms with Crippen molar-refractivity contribution in [1.82, 2.24) is 9.13 Å². The Balaban J connectivity index is 2.34. The highest BCUT2D eigenvalue weighted by Gasteiger charge is 2.05. The molecule has 0 aliphatic rings. The summed E-state index contributed by atoms with van der Waals surface area (Å²) in [5, 5.41) is 8.76. The highest BCUT2D eigenvalue weighted by Crippen LogP contribution is 2.09. The van der Waals surface area contributed by atoms with Crippen molar-refractivity contribution in [2.24, 2.45) is 0 Å². The second kappa shape index (κ2) is 4.88. The predicted octanol–water partition coefficient (Wildman–Crippen LogP) is 1.73. The predicted molar refractivity (Wildman–Crippen MR) is 64.6 cm³/mol. The fraction of sp³-hybridized carbons (Fsp3) is 0.231. The minimum absolute atomic E-state index is 0.139. The fourth-order valence-electron chi connectivity index (χ4n) is 1.82. The molecule has 2 aromatic rings. The van der Waals surface area contributed by atoms with Crippen molar-refractivity contribution < 1.29 is 4.39 Å². The third kappa shape index (κ3) is 2.33. The maximum Gasteiger partial charge on any atom is 0.328 e. The number of nitriles is 1. The van der Waals surface area contributed by atoms with Gasteiger partial charge in [-0.05, 0) is 30.7 Å². The molecule has 0 unspecified atom stereocenters. The van der Waals surface area contributed by atoms with E-state index in [4.69, 9.17) is 5.26 Å². The molecular weight excluding hydrogens is 233 g/mol. The maximum atomic E-state index is 13.2. The Hall–Kier alpha value is -2.35. The normalized spacial score (nSPS) is 10.3. The molecule has 0 spiro atoms. The molecule has 18 heavy (non-hydrogen) atoms. The molecule has 0 N–H and O–H groups in total. The van der Waals surface area contributed by atoms with E-state index in [2.05, 4.69) is 0 Å². The van der Waals surface area contributed by atoms with Crippen molar-refractivity contribution in [3.05, 3.63) is 58.0 Å². The Labute approximate surface area is 104 Å². The van der Waals surface area contributed by atoms with Gasteiger partial charge in [-0.25, -0.2) is 9.18 Å². The van der Waals surface area contributed by atoms with Gasteiger partial charge in [0.15, 0.2) is 0 Å². The molecule has 0 amide bonds. The first-order chi connectivity index (χ1) is 8.63. The van der Waals surface area contributed by atoms with Crippen LogP contribution >= 0.6 is 0 Å². The molecule has 0 radical (unpaired) electrons. The number of hydrogen-bond donors (Lipinski definition) is 0. The molecule has 0 atom stereocenters. The fourth-order valence-corrected chi connectivity index (χ4v) is 1.82. The van der Waals surface area contributed by atoms with Gasteiger partial charge in [-0.2, -0.15) is 5.26 Å². The van der Waals surface area contributed by atoms with E-state index in [1.807, 2.05) is 13.0 Å². The Morgan fingerprint density at radius 1 is 1.28 bits per heavy atom. The molecule has 2 rings (SSSR count). The first-order valence-electron chi connectivity index (χ1n) is 5.59. The summed E-state index contributed by atoms with van der Waals surface area (Å²) in [5.41, 5.74) is 0.718. The Kier molecular flexibility index (Phi) is 3.28. The Bertz CT molecular complexity index is 664. The molecule has 0 saturated carbocycles. The van der Waals surface area contributed by atoms with Gasteiger partial charge < -0.3 is 0 Å². The molecule has 5 heteroatoms. The van der Waals surface area contributed by atoms with Crippen LogP contribution in [0.15, 0.2) is 35.4 Å². The van der Waals surface area contributed by atoms with Crippen molar-refractivity contribution in [3.8, 4) is 6.07 Å². The van der Waals surface area contributed by atoms with E-state index >= 15 is 0 Å². The van der Waals surface area contributed by atoms with Gasteiger partial charge >= 0.3 is 5.69 Å². The lowest BCUT2D eigenvalue weighted by molar-refractivity contribution is 0.620. The molecule has 0 fully saturated rings. The molecule has 1 aromatic carbocycles. The minimum atomic E-state index is -0.466. The van der Waals surface area contributed by atoms with Gasteiger partial charge in [-0.3, -0.25) is 9.13 Å². The van der Waals surface area contributed by atoms with Crippen molar-refractivity contribution in [2.75, 3.05) is 0 Å². The smallest absolute Gasteiger partial charge is 0.300 e. The van der Waals surface area contributed by atoms with Crippen molar-refractivity contribution in [1.29, 1.82) is 5.26 Å². The largest absolute Gasteiger partial charge is 0.328 e. The summed E-state index contributed by atoms with van der Waals surface area (Å²) in [6, 6.07) is 5.97. The number of imidazole rings is 1. The Morgan fingerprint density at radius 2 is 2.00 bits per heavy atom. The first-order valence-corrected chi connectivity index (χ1v) is 5.59. The first kappa shape index (κ1) is 12.1. The van der Waals surface area contributed by atoms with Gasteiger partial charge in [0.2, 0.25) is 0 Å². The van der Waals surface area contributed by atoms with Gasteiger partial charge in [0, 0.05) is 18.9 Å². The summed E-state index contributed by atoms with van der Waals surface area (Å²) < 4.78 is 16.3. The minimum Gasteiger partial charge on any atom is -0.300 e. The van der Waals surface area contributed by atoms with E-state index in [9.17, 15) is 9.18 Å². The highest BCUT2D eigenvalue weighted by molar-refractivity contribution is 5.33. The number of aromatic nitrogens is 2. The average Bonchev–Trinajstić information content (AvgIpc) is 2.70. The second-order valence-electron chi connectivity index (χ2n) is 3.95. The van der Waals surface area contributed by atoms with Crippen molar-refractivity contribution in [3.63, 3.8) is 0 Å². The zero-order valence-electron chi connectivity index (χ0n) is 9.93. The van der Waals surface area contributed by atoms with Gasteiger partial charge in [0.05, 0.1) is 18.2 Å². The van der Waals surface area contributed by atoms with Crippen LogP contribution in [0.3, 0.4) is 0 Å². The van der Waals surface area contributed by atoms with Crippen molar-refractivity contribution >= 4 is 0 Å². The van der Waals surface area contributed by atoms with Crippen LogP contribution in [-0.4, -0.2) is 9.13 Å². The van der Waals surface area contributed by atoms with Gasteiger partial charge in [-0.1, -0.05) is 0 Å². The zero-order valence-corrected chi connectivity index (χ0v) is 9.93. The van der Waals surface area contributed by atoms with Crippen LogP contribution < -0.4 is 5.69 Å². The molecule has 0 aliphatic carbocycles. The SMILES string of the molecule is CCn1ccn(Cc2cc(F)cc(C#N)c2)c1=O. The monoisotopic (exact) mass is 245 g/mol. The molecule has 4 nitrogen and oxygen atoms in total. The standard InChI is InChI=1S/C13H12FN3O/c1-2-16-3-4-17(13(16)18)9-11-5-10(8-15)6-12(14)7-11/h3-7H,2,9H2,1H3. The van der Waals surface area contributed by atoms with E-state index in [1.54, 1.807) is 23.0 Å². The van der Waals surface area contributed by atoms with Gasteiger partial charge in [-0.15, -0.1) is 0 Å². The van der Waals surface area contributed by atoms with Crippen LogP contribution in [0.25, 0.3) is 0 Å². The van der Waals surface area contributed by atoms with Crippen LogP contribution in [0.2, 0.25) is 0 Å². The maximum absolute atomic E-state index is 13.2. The van der Waals surface area contributed by atoms with Crippen LogP contribution in [0.5, 0.6) is 0 Å². The summed E-state index contributed by atoms with van der Waals surface area (Å²) >= 11 is 0.